The monoisotopic (exact) mass is 218 g/mol. The molecule has 4 rings (SSSR count). The smallest absolute Gasteiger partial charge is 0.229 e. The van der Waals surface area contributed by atoms with Gasteiger partial charge in [0.2, 0.25) is 11.9 Å². The van der Waals surface area contributed by atoms with Crippen LogP contribution in [0.2, 0.25) is 0 Å². The van der Waals surface area contributed by atoms with E-state index in [1.54, 1.807) is 6.92 Å². The van der Waals surface area contributed by atoms with Crippen LogP contribution in [0.15, 0.2) is 0 Å². The fourth-order valence-electron chi connectivity index (χ4n) is 4.73. The average Bonchev–Trinajstić information content (AvgIpc) is 2.13. The first-order valence-corrected chi connectivity index (χ1v) is 6.27. The number of amides is 1. The SMILES string of the molecule is [C-]#[N+]C1C2CC3CC1CC(NC(C)=O)(C3)C2. The van der Waals surface area contributed by atoms with Crippen LogP contribution in [0.3, 0.4) is 0 Å². The first-order chi connectivity index (χ1) is 7.62. The summed E-state index contributed by atoms with van der Waals surface area (Å²) in [7, 11) is 0. The minimum absolute atomic E-state index is 0.0591. The van der Waals surface area contributed by atoms with Crippen LogP contribution < -0.4 is 5.32 Å². The summed E-state index contributed by atoms with van der Waals surface area (Å²) in [6.07, 6.45) is 5.71. The second-order valence-corrected chi connectivity index (χ2v) is 6.05. The van der Waals surface area contributed by atoms with Crippen molar-refractivity contribution in [3.63, 3.8) is 0 Å². The lowest BCUT2D eigenvalue weighted by molar-refractivity contribution is -0.124. The second-order valence-electron chi connectivity index (χ2n) is 6.05. The fourth-order valence-corrected chi connectivity index (χ4v) is 4.73. The maximum atomic E-state index is 11.3. The predicted octanol–water partition coefficient (Wildman–Crippen LogP) is 1.99. The summed E-state index contributed by atoms with van der Waals surface area (Å²) in [6.45, 7) is 8.93. The molecular formula is C13H18N2O. The first kappa shape index (κ1) is 10.1. The van der Waals surface area contributed by atoms with E-state index < -0.39 is 0 Å². The van der Waals surface area contributed by atoms with Crippen LogP contribution in [0.25, 0.3) is 4.85 Å². The summed E-state index contributed by atoms with van der Waals surface area (Å²) in [4.78, 5) is 15.1. The lowest BCUT2D eigenvalue weighted by Gasteiger charge is -2.56. The third-order valence-corrected chi connectivity index (χ3v) is 4.81. The zero-order valence-corrected chi connectivity index (χ0v) is 9.70. The normalized spacial score (nSPS) is 48.8. The topological polar surface area (TPSA) is 33.5 Å². The van der Waals surface area contributed by atoms with Crippen molar-refractivity contribution in [2.75, 3.05) is 0 Å². The molecule has 0 aromatic carbocycles. The third-order valence-electron chi connectivity index (χ3n) is 4.81. The van der Waals surface area contributed by atoms with Crippen LogP contribution in [0.5, 0.6) is 0 Å². The van der Waals surface area contributed by atoms with Crippen molar-refractivity contribution < 1.29 is 4.79 Å². The van der Waals surface area contributed by atoms with E-state index in [2.05, 4.69) is 10.2 Å². The molecule has 0 aliphatic heterocycles. The molecule has 4 aliphatic rings. The number of nitrogens with zero attached hydrogens (tertiary/aromatic N) is 1. The standard InChI is InChI=1S/C13H18N2O/c1-8(16)15-13-5-9-3-10(6-13)12(14-2)11(4-9)7-13/h9-12H,3-7H2,1H3,(H,15,16). The average molecular weight is 218 g/mol. The van der Waals surface area contributed by atoms with Crippen molar-refractivity contribution in [2.24, 2.45) is 17.8 Å². The summed E-state index contributed by atoms with van der Waals surface area (Å²) < 4.78 is 0. The van der Waals surface area contributed by atoms with E-state index in [0.717, 1.165) is 25.2 Å². The van der Waals surface area contributed by atoms with Crippen LogP contribution in [0, 0.1) is 24.3 Å². The highest BCUT2D eigenvalue weighted by atomic mass is 16.1. The largest absolute Gasteiger partial charge is 0.351 e. The van der Waals surface area contributed by atoms with Gasteiger partial charge in [0.05, 0.1) is 0 Å². The quantitative estimate of drug-likeness (QED) is 0.671. The Morgan fingerprint density at radius 3 is 2.44 bits per heavy atom. The Balaban J connectivity index is 1.87. The zero-order valence-electron chi connectivity index (χ0n) is 9.70. The van der Waals surface area contributed by atoms with Crippen molar-refractivity contribution in [1.29, 1.82) is 0 Å². The van der Waals surface area contributed by atoms with Gasteiger partial charge < -0.3 is 10.2 Å². The molecule has 1 N–H and O–H groups in total. The van der Waals surface area contributed by atoms with Gasteiger partial charge in [0.1, 0.15) is 0 Å². The Hall–Kier alpha value is -1.04. The maximum absolute atomic E-state index is 11.3. The van der Waals surface area contributed by atoms with Crippen molar-refractivity contribution in [1.82, 2.24) is 5.32 Å². The highest BCUT2D eigenvalue weighted by molar-refractivity contribution is 5.74. The number of carbonyl (C=O) groups excluding carboxylic acids is 1. The van der Waals surface area contributed by atoms with Crippen molar-refractivity contribution in [3.8, 4) is 0 Å². The highest BCUT2D eigenvalue weighted by Gasteiger charge is 2.58. The minimum atomic E-state index is 0.0591. The van der Waals surface area contributed by atoms with E-state index >= 15 is 0 Å². The summed E-state index contributed by atoms with van der Waals surface area (Å²) in [5.41, 5.74) is 0.0591. The molecule has 0 saturated heterocycles. The Bertz CT molecular complexity index is 355. The molecule has 86 valence electrons. The number of rotatable bonds is 1. The van der Waals surface area contributed by atoms with Gasteiger partial charge in [-0.1, -0.05) is 0 Å². The molecule has 0 heterocycles. The second kappa shape index (κ2) is 3.23. The van der Waals surface area contributed by atoms with Gasteiger partial charge in [0.25, 0.3) is 0 Å². The molecule has 4 bridgehead atoms. The number of hydrogen-bond donors (Lipinski definition) is 1. The van der Waals surface area contributed by atoms with Crippen LogP contribution in [0.4, 0.5) is 0 Å². The molecule has 3 heteroatoms. The molecule has 16 heavy (non-hydrogen) atoms. The van der Waals surface area contributed by atoms with E-state index in [4.69, 9.17) is 6.57 Å². The molecule has 2 atom stereocenters. The molecule has 2 unspecified atom stereocenters. The molecule has 4 saturated carbocycles. The lowest BCUT2D eigenvalue weighted by Crippen LogP contribution is -2.62. The van der Waals surface area contributed by atoms with Gasteiger partial charge in [-0.2, -0.15) is 0 Å². The van der Waals surface area contributed by atoms with Gasteiger partial charge in [-0.15, -0.1) is 0 Å². The van der Waals surface area contributed by atoms with Crippen LogP contribution in [-0.4, -0.2) is 17.5 Å². The fraction of sp³-hybridized carbons (Fsp3) is 0.846. The molecule has 4 aliphatic carbocycles. The predicted molar refractivity (Wildman–Crippen MR) is 60.5 cm³/mol. The summed E-state index contributed by atoms with van der Waals surface area (Å²) >= 11 is 0. The van der Waals surface area contributed by atoms with Gasteiger partial charge in [-0.3, -0.25) is 4.79 Å². The van der Waals surface area contributed by atoms with Crippen LogP contribution in [0.1, 0.15) is 39.0 Å². The zero-order chi connectivity index (χ0) is 11.3. The lowest BCUT2D eigenvalue weighted by atomic mass is 9.51. The Kier molecular flexibility index (Phi) is 2.04. The Morgan fingerprint density at radius 1 is 1.31 bits per heavy atom. The summed E-state index contributed by atoms with van der Waals surface area (Å²) in [6, 6.07) is 0.249. The van der Waals surface area contributed by atoms with Crippen LogP contribution in [-0.2, 0) is 4.79 Å². The van der Waals surface area contributed by atoms with Gasteiger partial charge in [0.15, 0.2) is 0 Å². The van der Waals surface area contributed by atoms with Crippen molar-refractivity contribution >= 4 is 5.91 Å². The van der Waals surface area contributed by atoms with E-state index in [0.29, 0.717) is 11.8 Å². The van der Waals surface area contributed by atoms with Crippen molar-refractivity contribution in [2.45, 2.75) is 50.6 Å². The number of nitrogens with one attached hydrogen (secondary N) is 1. The number of carbonyl (C=O) groups is 1. The minimum Gasteiger partial charge on any atom is -0.351 e. The third kappa shape index (κ3) is 1.36. The van der Waals surface area contributed by atoms with E-state index in [1.165, 1.54) is 12.8 Å². The van der Waals surface area contributed by atoms with E-state index in [1.807, 2.05) is 0 Å². The summed E-state index contributed by atoms with van der Waals surface area (Å²) in [5, 5.41) is 3.19. The molecule has 3 nitrogen and oxygen atoms in total. The highest BCUT2D eigenvalue weighted by Crippen LogP contribution is 2.56. The van der Waals surface area contributed by atoms with Crippen LogP contribution >= 0.6 is 0 Å². The van der Waals surface area contributed by atoms with Gasteiger partial charge >= 0.3 is 0 Å². The van der Waals surface area contributed by atoms with Gasteiger partial charge in [-0.05, 0) is 38.0 Å². The molecule has 4 fully saturated rings. The Labute approximate surface area is 96.4 Å². The Morgan fingerprint density at radius 2 is 1.94 bits per heavy atom. The van der Waals surface area contributed by atoms with Crippen molar-refractivity contribution in [3.05, 3.63) is 11.4 Å². The van der Waals surface area contributed by atoms with Gasteiger partial charge in [-0.25, -0.2) is 6.57 Å². The number of hydrogen-bond acceptors (Lipinski definition) is 1. The first-order valence-electron chi connectivity index (χ1n) is 6.27. The molecule has 0 aromatic rings. The summed E-state index contributed by atoms with van der Waals surface area (Å²) in [5.74, 6) is 1.97. The van der Waals surface area contributed by atoms with Gasteiger partial charge in [0, 0.05) is 24.3 Å². The van der Waals surface area contributed by atoms with E-state index in [-0.39, 0.29) is 17.5 Å². The molecule has 0 radical (unpaired) electrons. The maximum Gasteiger partial charge on any atom is 0.229 e. The molecule has 1 amide bonds. The molecule has 0 spiro atoms. The van der Waals surface area contributed by atoms with E-state index in [9.17, 15) is 4.79 Å². The molecular weight excluding hydrogens is 200 g/mol. The molecule has 0 aromatic heterocycles.